The van der Waals surface area contributed by atoms with Crippen LogP contribution in [0.4, 0.5) is 0 Å². The van der Waals surface area contributed by atoms with Gasteiger partial charge in [0.2, 0.25) is 0 Å². The Bertz CT molecular complexity index is 702. The number of para-hydroxylation sites is 1. The first kappa shape index (κ1) is 15.3. The molecule has 3 rings (SSSR count). The van der Waals surface area contributed by atoms with Crippen LogP contribution >= 0.6 is 15.9 Å². The summed E-state index contributed by atoms with van der Waals surface area (Å²) < 4.78 is 3.16. The number of benzene rings is 1. The molecule has 2 aromatic rings. The van der Waals surface area contributed by atoms with Gasteiger partial charge in [-0.15, -0.1) is 0 Å². The maximum absolute atomic E-state index is 12.8. The second-order valence-electron chi connectivity index (χ2n) is 5.61. The zero-order valence-corrected chi connectivity index (χ0v) is 14.5. The molecule has 1 aromatic carbocycles. The smallest absolute Gasteiger partial charge is 0.255 e. The minimum Gasteiger partial charge on any atom is -0.336 e. The van der Waals surface area contributed by atoms with Gasteiger partial charge in [0.05, 0.1) is 11.3 Å². The number of amides is 1. The number of halogens is 1. The number of nitrogens with one attached hydrogen (secondary N) is 1. The van der Waals surface area contributed by atoms with E-state index in [4.69, 9.17) is 0 Å². The van der Waals surface area contributed by atoms with E-state index in [0.717, 1.165) is 53.3 Å². The second-order valence-corrected chi connectivity index (χ2v) is 6.47. The predicted octanol–water partition coefficient (Wildman–Crippen LogP) is 2.90. The molecule has 1 amide bonds. The molecular weight excluding hydrogens is 342 g/mol. The molecule has 5 heteroatoms. The van der Waals surface area contributed by atoms with Crippen molar-refractivity contribution < 1.29 is 4.79 Å². The van der Waals surface area contributed by atoms with Crippen LogP contribution < -0.4 is 5.32 Å². The predicted molar refractivity (Wildman–Crippen MR) is 91.7 cm³/mol. The largest absolute Gasteiger partial charge is 0.336 e. The number of aryl methyl sites for hydroxylation is 1. The van der Waals surface area contributed by atoms with E-state index in [1.54, 1.807) is 0 Å². The summed E-state index contributed by atoms with van der Waals surface area (Å²) in [5.74, 6) is 0.132. The normalized spacial score (nSPS) is 15.1. The molecule has 1 aliphatic rings. The van der Waals surface area contributed by atoms with Crippen molar-refractivity contribution in [2.45, 2.75) is 13.8 Å². The van der Waals surface area contributed by atoms with Crippen molar-refractivity contribution >= 4 is 21.8 Å². The molecule has 0 aliphatic carbocycles. The van der Waals surface area contributed by atoms with Crippen molar-refractivity contribution in [2.24, 2.45) is 0 Å². The molecule has 0 saturated carbocycles. The first-order chi connectivity index (χ1) is 10.6. The van der Waals surface area contributed by atoms with Crippen molar-refractivity contribution in [3.63, 3.8) is 0 Å². The molecule has 1 saturated heterocycles. The van der Waals surface area contributed by atoms with Gasteiger partial charge in [-0.25, -0.2) is 0 Å². The van der Waals surface area contributed by atoms with Crippen LogP contribution in [0, 0.1) is 13.8 Å². The fraction of sp³-hybridized carbons (Fsp3) is 0.353. The number of hydrogen-bond acceptors (Lipinski definition) is 2. The Kier molecular flexibility index (Phi) is 4.36. The first-order valence-electron chi connectivity index (χ1n) is 7.53. The van der Waals surface area contributed by atoms with Crippen LogP contribution in [0.5, 0.6) is 0 Å². The van der Waals surface area contributed by atoms with Crippen LogP contribution in [-0.4, -0.2) is 41.6 Å². The van der Waals surface area contributed by atoms with E-state index in [-0.39, 0.29) is 5.91 Å². The Balaban J connectivity index is 2.00. The number of aromatic nitrogens is 1. The highest BCUT2D eigenvalue weighted by Gasteiger charge is 2.23. The zero-order chi connectivity index (χ0) is 15.7. The van der Waals surface area contributed by atoms with E-state index >= 15 is 0 Å². The van der Waals surface area contributed by atoms with Crippen LogP contribution in [-0.2, 0) is 0 Å². The lowest BCUT2D eigenvalue weighted by Crippen LogP contribution is -2.46. The molecule has 0 radical (unpaired) electrons. The van der Waals surface area contributed by atoms with Gasteiger partial charge in [0.1, 0.15) is 0 Å². The summed E-state index contributed by atoms with van der Waals surface area (Å²) in [5.41, 5.74) is 3.93. The van der Waals surface area contributed by atoms with Gasteiger partial charge in [-0.2, -0.15) is 0 Å². The van der Waals surface area contributed by atoms with E-state index in [1.807, 2.05) is 43.0 Å². The topological polar surface area (TPSA) is 37.3 Å². The van der Waals surface area contributed by atoms with Crippen molar-refractivity contribution in [1.29, 1.82) is 0 Å². The lowest BCUT2D eigenvalue weighted by atomic mass is 10.2. The van der Waals surface area contributed by atoms with E-state index < -0.39 is 0 Å². The molecule has 0 unspecified atom stereocenters. The highest BCUT2D eigenvalue weighted by Crippen LogP contribution is 2.27. The van der Waals surface area contributed by atoms with E-state index in [9.17, 15) is 4.79 Å². The lowest BCUT2D eigenvalue weighted by molar-refractivity contribution is 0.0735. The van der Waals surface area contributed by atoms with Gasteiger partial charge < -0.3 is 14.8 Å². The van der Waals surface area contributed by atoms with E-state index in [0.29, 0.717) is 0 Å². The zero-order valence-electron chi connectivity index (χ0n) is 12.9. The Labute approximate surface area is 139 Å². The number of carbonyl (C=O) groups excluding carboxylic acids is 1. The third-order valence-electron chi connectivity index (χ3n) is 4.16. The Morgan fingerprint density at radius 1 is 1.18 bits per heavy atom. The Morgan fingerprint density at radius 2 is 1.86 bits per heavy atom. The highest BCUT2D eigenvalue weighted by atomic mass is 79.9. The SMILES string of the molecule is Cc1cc(C(=O)N2CCNCC2)c(C)n1-c1ccccc1Br. The van der Waals surface area contributed by atoms with Crippen molar-refractivity contribution in [3.05, 3.63) is 51.8 Å². The van der Waals surface area contributed by atoms with Gasteiger partial charge in [0.15, 0.2) is 0 Å². The van der Waals surface area contributed by atoms with Crippen molar-refractivity contribution in [3.8, 4) is 5.69 Å². The lowest BCUT2D eigenvalue weighted by Gasteiger charge is -2.27. The maximum atomic E-state index is 12.8. The molecule has 2 heterocycles. The standard InChI is InChI=1S/C17H20BrN3O/c1-12-11-14(17(22)20-9-7-19-8-10-20)13(2)21(12)16-6-4-3-5-15(16)18/h3-6,11,19H,7-10H2,1-2H3. The summed E-state index contributed by atoms with van der Waals surface area (Å²) in [6, 6.07) is 10.1. The van der Waals surface area contributed by atoms with Gasteiger partial charge in [-0.1, -0.05) is 12.1 Å². The summed E-state index contributed by atoms with van der Waals surface area (Å²) in [6.07, 6.45) is 0. The summed E-state index contributed by atoms with van der Waals surface area (Å²) in [4.78, 5) is 14.7. The summed E-state index contributed by atoms with van der Waals surface area (Å²) in [6.45, 7) is 7.35. The molecule has 1 fully saturated rings. The number of nitrogens with zero attached hydrogens (tertiary/aromatic N) is 2. The van der Waals surface area contributed by atoms with Crippen LogP contribution in [0.25, 0.3) is 5.69 Å². The van der Waals surface area contributed by atoms with Crippen LogP contribution in [0.3, 0.4) is 0 Å². The Morgan fingerprint density at radius 3 is 2.55 bits per heavy atom. The van der Waals surface area contributed by atoms with Gasteiger partial charge in [-0.3, -0.25) is 4.79 Å². The first-order valence-corrected chi connectivity index (χ1v) is 8.32. The van der Waals surface area contributed by atoms with Crippen LogP contribution in [0.2, 0.25) is 0 Å². The maximum Gasteiger partial charge on any atom is 0.255 e. The molecule has 0 atom stereocenters. The third kappa shape index (κ3) is 2.71. The molecule has 22 heavy (non-hydrogen) atoms. The van der Waals surface area contributed by atoms with Crippen LogP contribution in [0.1, 0.15) is 21.7 Å². The Hall–Kier alpha value is -1.59. The quantitative estimate of drug-likeness (QED) is 0.892. The number of carbonyl (C=O) groups is 1. The summed E-state index contributed by atoms with van der Waals surface area (Å²) >= 11 is 3.60. The monoisotopic (exact) mass is 361 g/mol. The average molecular weight is 362 g/mol. The number of hydrogen-bond donors (Lipinski definition) is 1. The fourth-order valence-electron chi connectivity index (χ4n) is 3.02. The molecular formula is C17H20BrN3O. The second kappa shape index (κ2) is 6.26. The molecule has 116 valence electrons. The number of rotatable bonds is 2. The van der Waals surface area contributed by atoms with E-state index in [1.165, 1.54) is 0 Å². The number of piperazine rings is 1. The molecule has 4 nitrogen and oxygen atoms in total. The van der Waals surface area contributed by atoms with Crippen molar-refractivity contribution in [2.75, 3.05) is 26.2 Å². The average Bonchev–Trinajstić information content (AvgIpc) is 2.83. The van der Waals surface area contributed by atoms with Gasteiger partial charge >= 0.3 is 0 Å². The van der Waals surface area contributed by atoms with Gasteiger partial charge in [0.25, 0.3) is 5.91 Å². The van der Waals surface area contributed by atoms with Gasteiger partial charge in [-0.05, 0) is 48.0 Å². The van der Waals surface area contributed by atoms with Crippen LogP contribution in [0.15, 0.2) is 34.8 Å². The highest BCUT2D eigenvalue weighted by molar-refractivity contribution is 9.10. The fourth-order valence-corrected chi connectivity index (χ4v) is 3.48. The minimum atomic E-state index is 0.132. The molecule has 1 aromatic heterocycles. The van der Waals surface area contributed by atoms with Crippen molar-refractivity contribution in [1.82, 2.24) is 14.8 Å². The summed E-state index contributed by atoms with van der Waals surface area (Å²) in [5, 5.41) is 3.28. The third-order valence-corrected chi connectivity index (χ3v) is 4.83. The molecule has 1 N–H and O–H groups in total. The molecule has 1 aliphatic heterocycles. The molecule has 0 bridgehead atoms. The summed E-state index contributed by atoms with van der Waals surface area (Å²) in [7, 11) is 0. The minimum absolute atomic E-state index is 0.132. The van der Waals surface area contributed by atoms with Gasteiger partial charge in [0, 0.05) is 42.0 Å². The molecule has 0 spiro atoms. The van der Waals surface area contributed by atoms with E-state index in [2.05, 4.69) is 31.9 Å².